The number of aryl methyl sites for hydroxylation is 1. The summed E-state index contributed by atoms with van der Waals surface area (Å²) >= 11 is 0. The number of benzene rings is 1. The molecule has 0 aliphatic rings. The van der Waals surface area contributed by atoms with E-state index in [1.807, 2.05) is 0 Å². The number of carboxylic acids is 1. The Morgan fingerprint density at radius 2 is 2.16 bits per heavy atom. The molecule has 0 saturated carbocycles. The lowest BCUT2D eigenvalue weighted by atomic mass is 10.2. The Bertz CT molecular complexity index is 599. The molecule has 1 aromatic carbocycles. The van der Waals surface area contributed by atoms with Gasteiger partial charge in [-0.1, -0.05) is 20.8 Å². The highest BCUT2D eigenvalue weighted by Crippen LogP contribution is 2.20. The lowest BCUT2D eigenvalue weighted by molar-refractivity contribution is 0.0697. The minimum atomic E-state index is -0.892. The van der Waals surface area contributed by atoms with Crippen molar-refractivity contribution in [2.24, 2.45) is 5.92 Å². The number of hydrogen-bond acceptors (Lipinski definition) is 2. The zero-order valence-electron chi connectivity index (χ0n) is 11.7. The van der Waals surface area contributed by atoms with Gasteiger partial charge in [0.1, 0.15) is 5.82 Å². The molecule has 4 heteroatoms. The molecule has 1 aromatic heterocycles. The Morgan fingerprint density at radius 1 is 1.42 bits per heavy atom. The molecule has 0 saturated heterocycles. The van der Waals surface area contributed by atoms with Crippen LogP contribution in [0.2, 0.25) is 0 Å². The van der Waals surface area contributed by atoms with Gasteiger partial charge in [0.25, 0.3) is 0 Å². The zero-order chi connectivity index (χ0) is 14.0. The summed E-state index contributed by atoms with van der Waals surface area (Å²) in [6.07, 6.45) is 1.96. The molecule has 1 heterocycles. The van der Waals surface area contributed by atoms with Gasteiger partial charge in [0.2, 0.25) is 0 Å². The van der Waals surface area contributed by atoms with Gasteiger partial charge in [0, 0.05) is 13.0 Å². The summed E-state index contributed by atoms with van der Waals surface area (Å²) in [6.45, 7) is 7.31. The minimum Gasteiger partial charge on any atom is -0.478 e. The molecule has 0 aliphatic heterocycles. The molecule has 0 unspecified atom stereocenters. The maximum Gasteiger partial charge on any atom is 0.335 e. The van der Waals surface area contributed by atoms with E-state index in [0.717, 1.165) is 36.2 Å². The van der Waals surface area contributed by atoms with Crippen molar-refractivity contribution in [3.63, 3.8) is 0 Å². The van der Waals surface area contributed by atoms with Crippen LogP contribution in [0, 0.1) is 5.92 Å². The summed E-state index contributed by atoms with van der Waals surface area (Å²) in [5, 5.41) is 9.10. The van der Waals surface area contributed by atoms with Gasteiger partial charge >= 0.3 is 5.97 Å². The minimum absolute atomic E-state index is 0.320. The summed E-state index contributed by atoms with van der Waals surface area (Å²) in [6, 6.07) is 5.15. The first-order chi connectivity index (χ1) is 9.02. The number of carbonyl (C=O) groups is 1. The fourth-order valence-electron chi connectivity index (χ4n) is 2.29. The van der Waals surface area contributed by atoms with Gasteiger partial charge in [0.15, 0.2) is 0 Å². The molecule has 0 amide bonds. The van der Waals surface area contributed by atoms with Crippen LogP contribution in [-0.2, 0) is 13.0 Å². The van der Waals surface area contributed by atoms with Crippen molar-refractivity contribution in [1.29, 1.82) is 0 Å². The molecule has 4 nitrogen and oxygen atoms in total. The largest absolute Gasteiger partial charge is 0.478 e. The van der Waals surface area contributed by atoms with Crippen LogP contribution in [0.1, 0.15) is 43.4 Å². The standard InChI is InChI=1S/C15H20N2O2/c1-4-5-14-16-12-7-6-11(15(18)19)8-13(12)17(14)9-10(2)3/h6-8,10H,4-5,9H2,1-3H3,(H,18,19). The number of aromatic nitrogens is 2. The van der Waals surface area contributed by atoms with E-state index in [1.165, 1.54) is 0 Å². The van der Waals surface area contributed by atoms with Crippen molar-refractivity contribution in [3.8, 4) is 0 Å². The molecule has 0 bridgehead atoms. The molecule has 0 atom stereocenters. The van der Waals surface area contributed by atoms with Crippen LogP contribution in [0.4, 0.5) is 0 Å². The summed E-state index contributed by atoms with van der Waals surface area (Å²) in [7, 11) is 0. The fourth-order valence-corrected chi connectivity index (χ4v) is 2.29. The Kier molecular flexibility index (Phi) is 3.88. The molecule has 19 heavy (non-hydrogen) atoms. The van der Waals surface area contributed by atoms with E-state index in [0.29, 0.717) is 11.5 Å². The van der Waals surface area contributed by atoms with Crippen molar-refractivity contribution in [1.82, 2.24) is 9.55 Å². The van der Waals surface area contributed by atoms with Crippen molar-refractivity contribution in [2.75, 3.05) is 0 Å². The monoisotopic (exact) mass is 260 g/mol. The Balaban J connectivity index is 2.59. The van der Waals surface area contributed by atoms with Gasteiger partial charge in [-0.05, 0) is 30.5 Å². The topological polar surface area (TPSA) is 55.1 Å². The van der Waals surface area contributed by atoms with Gasteiger partial charge in [-0.3, -0.25) is 0 Å². The number of fused-ring (bicyclic) bond motifs is 1. The van der Waals surface area contributed by atoms with Gasteiger partial charge in [0.05, 0.1) is 16.6 Å². The average Bonchev–Trinajstić information content (AvgIpc) is 2.67. The maximum absolute atomic E-state index is 11.1. The predicted octanol–water partition coefficient (Wildman–Crippen LogP) is 3.34. The Hall–Kier alpha value is -1.84. The van der Waals surface area contributed by atoms with E-state index in [2.05, 4.69) is 30.3 Å². The molecular formula is C15H20N2O2. The second kappa shape index (κ2) is 5.43. The molecule has 2 rings (SSSR count). The molecule has 1 N–H and O–H groups in total. The summed E-state index contributed by atoms with van der Waals surface area (Å²) in [5.74, 6) is 0.659. The van der Waals surface area contributed by atoms with Crippen molar-refractivity contribution in [2.45, 2.75) is 40.2 Å². The Morgan fingerprint density at radius 3 is 2.74 bits per heavy atom. The molecule has 2 aromatic rings. The van der Waals surface area contributed by atoms with E-state index in [4.69, 9.17) is 5.11 Å². The van der Waals surface area contributed by atoms with Crippen LogP contribution in [0.3, 0.4) is 0 Å². The number of hydrogen-bond donors (Lipinski definition) is 1. The first-order valence-electron chi connectivity index (χ1n) is 6.75. The van der Waals surface area contributed by atoms with E-state index < -0.39 is 5.97 Å². The molecular weight excluding hydrogens is 240 g/mol. The lowest BCUT2D eigenvalue weighted by Crippen LogP contribution is -2.09. The van der Waals surface area contributed by atoms with Gasteiger partial charge < -0.3 is 9.67 Å². The van der Waals surface area contributed by atoms with Crippen LogP contribution in [0.25, 0.3) is 11.0 Å². The van der Waals surface area contributed by atoms with E-state index in [-0.39, 0.29) is 0 Å². The predicted molar refractivity (Wildman–Crippen MR) is 75.5 cm³/mol. The average molecular weight is 260 g/mol. The maximum atomic E-state index is 11.1. The zero-order valence-corrected chi connectivity index (χ0v) is 11.7. The van der Waals surface area contributed by atoms with Crippen LogP contribution in [0.15, 0.2) is 18.2 Å². The van der Waals surface area contributed by atoms with Crippen LogP contribution in [-0.4, -0.2) is 20.6 Å². The lowest BCUT2D eigenvalue weighted by Gasteiger charge is -2.11. The van der Waals surface area contributed by atoms with Gasteiger partial charge in [-0.15, -0.1) is 0 Å². The third-order valence-corrected chi connectivity index (χ3v) is 3.10. The smallest absolute Gasteiger partial charge is 0.335 e. The van der Waals surface area contributed by atoms with Crippen LogP contribution in [0.5, 0.6) is 0 Å². The highest BCUT2D eigenvalue weighted by atomic mass is 16.4. The van der Waals surface area contributed by atoms with Crippen molar-refractivity contribution in [3.05, 3.63) is 29.6 Å². The molecule has 0 aliphatic carbocycles. The van der Waals surface area contributed by atoms with E-state index in [9.17, 15) is 4.79 Å². The third kappa shape index (κ3) is 2.78. The van der Waals surface area contributed by atoms with Gasteiger partial charge in [-0.2, -0.15) is 0 Å². The van der Waals surface area contributed by atoms with E-state index in [1.54, 1.807) is 18.2 Å². The summed E-state index contributed by atoms with van der Waals surface area (Å²) in [4.78, 5) is 15.7. The number of imidazole rings is 1. The fraction of sp³-hybridized carbons (Fsp3) is 0.467. The van der Waals surface area contributed by atoms with Crippen LogP contribution < -0.4 is 0 Å². The number of carboxylic acid groups (broad SMARTS) is 1. The second-order valence-electron chi connectivity index (χ2n) is 5.29. The summed E-state index contributed by atoms with van der Waals surface area (Å²) in [5.41, 5.74) is 2.13. The number of nitrogens with zero attached hydrogens (tertiary/aromatic N) is 2. The highest BCUT2D eigenvalue weighted by Gasteiger charge is 2.13. The number of aromatic carboxylic acids is 1. The van der Waals surface area contributed by atoms with Crippen molar-refractivity contribution >= 4 is 17.0 Å². The van der Waals surface area contributed by atoms with Gasteiger partial charge in [-0.25, -0.2) is 9.78 Å². The first-order valence-corrected chi connectivity index (χ1v) is 6.75. The van der Waals surface area contributed by atoms with Crippen LogP contribution >= 0.6 is 0 Å². The van der Waals surface area contributed by atoms with Crippen molar-refractivity contribution < 1.29 is 9.90 Å². The molecule has 0 radical (unpaired) electrons. The second-order valence-corrected chi connectivity index (χ2v) is 5.29. The quantitative estimate of drug-likeness (QED) is 0.897. The SMILES string of the molecule is CCCc1nc2ccc(C(=O)O)cc2n1CC(C)C. The normalized spacial score (nSPS) is 11.4. The van der Waals surface area contributed by atoms with E-state index >= 15 is 0 Å². The summed E-state index contributed by atoms with van der Waals surface area (Å²) < 4.78 is 2.16. The Labute approximate surface area is 113 Å². The highest BCUT2D eigenvalue weighted by molar-refractivity contribution is 5.92. The molecule has 0 spiro atoms. The molecule has 102 valence electrons. The first kappa shape index (κ1) is 13.6. The molecule has 0 fully saturated rings. The third-order valence-electron chi connectivity index (χ3n) is 3.10. The number of rotatable bonds is 5.